The molecule has 0 amide bonds. The number of nitrogens with zero attached hydrogens (tertiary/aromatic N) is 2. The van der Waals surface area contributed by atoms with Crippen molar-refractivity contribution in [2.75, 3.05) is 0 Å². The summed E-state index contributed by atoms with van der Waals surface area (Å²) in [5, 5.41) is 11.5. The summed E-state index contributed by atoms with van der Waals surface area (Å²) in [6, 6.07) is 12.0. The van der Waals surface area contributed by atoms with Crippen LogP contribution < -0.4 is 0 Å². The Bertz CT molecular complexity index is 471. The fourth-order valence-corrected chi connectivity index (χ4v) is 3.15. The van der Waals surface area contributed by atoms with Crippen LogP contribution in [0.1, 0.15) is 58.6 Å². The van der Waals surface area contributed by atoms with Crippen LogP contribution in [0.25, 0.3) is 0 Å². The van der Waals surface area contributed by atoms with Crippen LogP contribution in [0.5, 0.6) is 0 Å². The van der Waals surface area contributed by atoms with Crippen LogP contribution in [0.2, 0.25) is 0 Å². The van der Waals surface area contributed by atoms with Gasteiger partial charge in [-0.15, -0.1) is 0 Å². The second-order valence-corrected chi connectivity index (χ2v) is 6.80. The Balaban J connectivity index is 2.23. The molecule has 3 heteroatoms. The smallest absolute Gasteiger partial charge is 0.190 e. The molecule has 0 bridgehead atoms. The number of hydrogen-bond acceptors (Lipinski definition) is 3. The Morgan fingerprint density at radius 1 is 1.10 bits per heavy atom. The zero-order valence-electron chi connectivity index (χ0n) is 12.9. The van der Waals surface area contributed by atoms with Gasteiger partial charge in [-0.1, -0.05) is 30.3 Å². The standard InChI is InChI=1S/C17H24N2O/c1-16(2)11-8-12-17(3,4)19(16)20-15(13-18)14-9-6-5-7-10-14/h5-7,9-10,15H,8,11-12H2,1-4H3. The molecule has 1 unspecified atom stereocenters. The average Bonchev–Trinajstić information content (AvgIpc) is 2.38. The van der Waals surface area contributed by atoms with E-state index in [1.165, 1.54) is 6.42 Å². The number of hydroxylamine groups is 2. The van der Waals surface area contributed by atoms with Crippen LogP contribution in [-0.2, 0) is 4.84 Å². The molecule has 108 valence electrons. The minimum absolute atomic E-state index is 0.0500. The van der Waals surface area contributed by atoms with Gasteiger partial charge in [-0.2, -0.15) is 10.3 Å². The van der Waals surface area contributed by atoms with Crippen molar-refractivity contribution in [2.24, 2.45) is 0 Å². The van der Waals surface area contributed by atoms with E-state index in [2.05, 4.69) is 33.8 Å². The van der Waals surface area contributed by atoms with Gasteiger partial charge in [0, 0.05) is 11.1 Å². The molecule has 3 nitrogen and oxygen atoms in total. The molecule has 0 aromatic heterocycles. The lowest BCUT2D eigenvalue weighted by Crippen LogP contribution is -2.58. The average molecular weight is 272 g/mol. The zero-order chi connectivity index (χ0) is 14.8. The van der Waals surface area contributed by atoms with E-state index in [1.807, 2.05) is 35.4 Å². The Morgan fingerprint density at radius 3 is 2.15 bits per heavy atom. The van der Waals surface area contributed by atoms with Gasteiger partial charge in [0.1, 0.15) is 6.07 Å². The Kier molecular flexibility index (Phi) is 4.17. The van der Waals surface area contributed by atoms with Gasteiger partial charge in [-0.25, -0.2) is 0 Å². The van der Waals surface area contributed by atoms with Gasteiger partial charge in [0.2, 0.25) is 0 Å². The normalized spacial score (nSPS) is 22.9. The van der Waals surface area contributed by atoms with Crippen LogP contribution in [-0.4, -0.2) is 16.1 Å². The van der Waals surface area contributed by atoms with E-state index in [1.54, 1.807) is 0 Å². The highest BCUT2D eigenvalue weighted by molar-refractivity contribution is 5.22. The first-order valence-corrected chi connectivity index (χ1v) is 7.28. The molecule has 1 aliphatic heterocycles. The van der Waals surface area contributed by atoms with E-state index in [9.17, 15) is 5.26 Å². The van der Waals surface area contributed by atoms with Gasteiger partial charge in [0.15, 0.2) is 6.10 Å². The monoisotopic (exact) mass is 272 g/mol. The topological polar surface area (TPSA) is 36.3 Å². The maximum absolute atomic E-state index is 9.45. The lowest BCUT2D eigenvalue weighted by molar-refractivity contribution is -0.297. The lowest BCUT2D eigenvalue weighted by atomic mass is 9.82. The molecule has 2 rings (SSSR count). The number of benzene rings is 1. The fourth-order valence-electron chi connectivity index (χ4n) is 3.15. The highest BCUT2D eigenvalue weighted by Gasteiger charge is 2.43. The van der Waals surface area contributed by atoms with E-state index >= 15 is 0 Å². The summed E-state index contributed by atoms with van der Waals surface area (Å²) in [5.41, 5.74) is 0.809. The summed E-state index contributed by atoms with van der Waals surface area (Å²) in [6.07, 6.45) is 2.82. The van der Waals surface area contributed by atoms with Crippen molar-refractivity contribution in [1.82, 2.24) is 5.06 Å². The van der Waals surface area contributed by atoms with Crippen molar-refractivity contribution in [2.45, 2.75) is 64.1 Å². The summed E-state index contributed by atoms with van der Waals surface area (Å²) in [6.45, 7) is 8.75. The van der Waals surface area contributed by atoms with Gasteiger partial charge in [-0.3, -0.25) is 4.84 Å². The van der Waals surface area contributed by atoms with E-state index in [4.69, 9.17) is 4.84 Å². The first-order chi connectivity index (χ1) is 9.37. The second-order valence-electron chi connectivity index (χ2n) is 6.80. The Hall–Kier alpha value is -1.37. The first kappa shape index (κ1) is 15.0. The molecule has 1 atom stereocenters. The van der Waals surface area contributed by atoms with Gasteiger partial charge in [0.25, 0.3) is 0 Å². The van der Waals surface area contributed by atoms with Crippen molar-refractivity contribution >= 4 is 0 Å². The molecule has 0 aliphatic carbocycles. The highest BCUT2D eigenvalue weighted by atomic mass is 16.7. The number of piperidine rings is 1. The van der Waals surface area contributed by atoms with Gasteiger partial charge in [-0.05, 0) is 52.5 Å². The van der Waals surface area contributed by atoms with Crippen LogP contribution in [0, 0.1) is 11.3 Å². The molecule has 0 saturated carbocycles. The second kappa shape index (κ2) is 5.55. The summed E-state index contributed by atoms with van der Waals surface area (Å²) >= 11 is 0. The summed E-state index contributed by atoms with van der Waals surface area (Å²) in [7, 11) is 0. The van der Waals surface area contributed by atoms with Gasteiger partial charge in [0.05, 0.1) is 0 Å². The predicted molar refractivity (Wildman–Crippen MR) is 79.7 cm³/mol. The molecule has 1 saturated heterocycles. The van der Waals surface area contributed by atoms with E-state index in [0.29, 0.717) is 0 Å². The third-order valence-corrected chi connectivity index (χ3v) is 4.11. The van der Waals surface area contributed by atoms with Crippen molar-refractivity contribution in [3.63, 3.8) is 0 Å². The number of rotatable bonds is 3. The maximum atomic E-state index is 9.45. The molecule has 1 fully saturated rings. The Labute approximate surface area is 122 Å². The molecule has 0 radical (unpaired) electrons. The molecular formula is C17H24N2O. The lowest BCUT2D eigenvalue weighted by Gasteiger charge is -2.51. The van der Waals surface area contributed by atoms with E-state index in [0.717, 1.165) is 18.4 Å². The van der Waals surface area contributed by atoms with Gasteiger partial charge < -0.3 is 0 Å². The molecular weight excluding hydrogens is 248 g/mol. The van der Waals surface area contributed by atoms with Gasteiger partial charge >= 0.3 is 0 Å². The van der Waals surface area contributed by atoms with Crippen LogP contribution >= 0.6 is 0 Å². The van der Waals surface area contributed by atoms with Crippen LogP contribution in [0.15, 0.2) is 30.3 Å². The quantitative estimate of drug-likeness (QED) is 0.826. The third kappa shape index (κ3) is 3.03. The SMILES string of the molecule is CC1(C)CCCC(C)(C)N1OC(C#N)c1ccccc1. The molecule has 1 aromatic carbocycles. The molecule has 1 aromatic rings. The Morgan fingerprint density at radius 2 is 1.65 bits per heavy atom. The van der Waals surface area contributed by atoms with Crippen molar-refractivity contribution < 1.29 is 4.84 Å². The fraction of sp³-hybridized carbons (Fsp3) is 0.588. The van der Waals surface area contributed by atoms with E-state index in [-0.39, 0.29) is 11.1 Å². The maximum Gasteiger partial charge on any atom is 0.190 e. The van der Waals surface area contributed by atoms with Crippen molar-refractivity contribution in [3.8, 4) is 6.07 Å². The zero-order valence-corrected chi connectivity index (χ0v) is 12.9. The molecule has 20 heavy (non-hydrogen) atoms. The predicted octanol–water partition coefficient (Wildman–Crippen LogP) is 4.23. The van der Waals surface area contributed by atoms with Crippen LogP contribution in [0.3, 0.4) is 0 Å². The minimum atomic E-state index is -0.548. The molecule has 0 N–H and O–H groups in total. The number of hydrogen-bond donors (Lipinski definition) is 0. The third-order valence-electron chi connectivity index (χ3n) is 4.11. The summed E-state index contributed by atoms with van der Waals surface area (Å²) < 4.78 is 0. The molecule has 0 spiro atoms. The number of nitriles is 1. The van der Waals surface area contributed by atoms with Crippen molar-refractivity contribution in [3.05, 3.63) is 35.9 Å². The highest BCUT2D eigenvalue weighted by Crippen LogP contribution is 2.40. The van der Waals surface area contributed by atoms with Crippen LogP contribution in [0.4, 0.5) is 0 Å². The molecule has 1 aliphatic rings. The summed E-state index contributed by atoms with van der Waals surface area (Å²) in [5.74, 6) is 0. The van der Waals surface area contributed by atoms with E-state index < -0.39 is 6.10 Å². The molecule has 1 heterocycles. The first-order valence-electron chi connectivity index (χ1n) is 7.28. The van der Waals surface area contributed by atoms with Crippen molar-refractivity contribution in [1.29, 1.82) is 5.26 Å². The summed E-state index contributed by atoms with van der Waals surface area (Å²) in [4.78, 5) is 6.13. The minimum Gasteiger partial charge on any atom is -0.275 e. The largest absolute Gasteiger partial charge is 0.275 e.